The van der Waals surface area contributed by atoms with Gasteiger partial charge in [0.15, 0.2) is 0 Å². The number of likely N-dealkylation sites (N-methyl/N-ethyl adjacent to an activating group) is 1. The maximum absolute atomic E-state index is 13.7. The molecule has 0 bridgehead atoms. The van der Waals surface area contributed by atoms with Crippen LogP contribution in [0.1, 0.15) is 37.0 Å². The topological polar surface area (TPSA) is 84.4 Å². The molecular formula is C28H39N3O5. The van der Waals surface area contributed by atoms with Gasteiger partial charge >= 0.3 is 0 Å². The predicted octanol–water partition coefficient (Wildman–Crippen LogP) is 3.34. The lowest BCUT2D eigenvalue weighted by atomic mass is 9.97. The van der Waals surface area contributed by atoms with Crippen LogP contribution in [0.2, 0.25) is 0 Å². The fourth-order valence-electron chi connectivity index (χ4n) is 5.03. The van der Waals surface area contributed by atoms with Gasteiger partial charge in [0.2, 0.25) is 5.88 Å². The van der Waals surface area contributed by atoms with Crippen molar-refractivity contribution in [1.29, 1.82) is 0 Å². The number of hydrogen-bond acceptors (Lipinski definition) is 7. The van der Waals surface area contributed by atoms with Gasteiger partial charge in [-0.25, -0.2) is 4.98 Å². The zero-order valence-electron chi connectivity index (χ0n) is 21.9. The van der Waals surface area contributed by atoms with Gasteiger partial charge in [0, 0.05) is 50.5 Å². The minimum absolute atomic E-state index is 0.0631. The van der Waals surface area contributed by atoms with Crippen LogP contribution in [0.3, 0.4) is 0 Å². The van der Waals surface area contributed by atoms with E-state index in [1.165, 1.54) is 0 Å². The number of ether oxygens (including phenoxy) is 3. The summed E-state index contributed by atoms with van der Waals surface area (Å²) >= 11 is 0. The number of aliphatic hydroxyl groups excluding tert-OH is 1. The summed E-state index contributed by atoms with van der Waals surface area (Å²) in [4.78, 5) is 22.4. The number of fused-ring (bicyclic) bond motifs is 1. The SMILES string of the molecule is COc1cccc(-c2cnc3c(c2)C(=O)N([C@H](C)CO)C[C@@H](C)[C@@H](CN(C)CC2CCOCC2)O3)c1. The first-order chi connectivity index (χ1) is 17.4. The molecule has 1 N–H and O–H groups in total. The molecule has 0 radical (unpaired) electrons. The smallest absolute Gasteiger partial charge is 0.259 e. The molecule has 0 unspecified atom stereocenters. The third-order valence-electron chi connectivity index (χ3n) is 7.33. The molecule has 2 aliphatic rings. The third-order valence-corrected chi connectivity index (χ3v) is 7.33. The molecule has 1 amide bonds. The number of amides is 1. The van der Waals surface area contributed by atoms with Gasteiger partial charge in [0.05, 0.1) is 19.8 Å². The number of benzene rings is 1. The van der Waals surface area contributed by atoms with Crippen molar-refractivity contribution in [3.05, 3.63) is 42.1 Å². The van der Waals surface area contributed by atoms with Crippen molar-refractivity contribution in [1.82, 2.24) is 14.8 Å². The molecule has 36 heavy (non-hydrogen) atoms. The van der Waals surface area contributed by atoms with Crippen LogP contribution in [0.15, 0.2) is 36.5 Å². The molecule has 4 rings (SSSR count). The molecule has 1 aromatic heterocycles. The average molecular weight is 498 g/mol. The van der Waals surface area contributed by atoms with Crippen LogP contribution in [0.25, 0.3) is 11.1 Å². The van der Waals surface area contributed by atoms with Gasteiger partial charge in [-0.3, -0.25) is 4.79 Å². The van der Waals surface area contributed by atoms with Crippen molar-refractivity contribution in [2.24, 2.45) is 11.8 Å². The lowest BCUT2D eigenvalue weighted by Gasteiger charge is -2.38. The van der Waals surface area contributed by atoms with E-state index in [1.54, 1.807) is 18.2 Å². The molecule has 0 aliphatic carbocycles. The molecule has 8 nitrogen and oxygen atoms in total. The molecule has 196 valence electrons. The molecule has 1 aromatic carbocycles. The summed E-state index contributed by atoms with van der Waals surface area (Å²) in [6.45, 7) is 7.75. The second-order valence-electron chi connectivity index (χ2n) is 10.2. The summed E-state index contributed by atoms with van der Waals surface area (Å²) in [5.41, 5.74) is 2.13. The van der Waals surface area contributed by atoms with E-state index in [0.717, 1.165) is 56.0 Å². The highest BCUT2D eigenvalue weighted by Gasteiger charge is 2.34. The zero-order valence-corrected chi connectivity index (χ0v) is 21.9. The van der Waals surface area contributed by atoms with E-state index < -0.39 is 0 Å². The summed E-state index contributed by atoms with van der Waals surface area (Å²) in [5, 5.41) is 9.91. The number of rotatable bonds is 8. The number of pyridine rings is 1. The normalized spacial score (nSPS) is 21.9. The minimum Gasteiger partial charge on any atom is -0.497 e. The molecular weight excluding hydrogens is 458 g/mol. The first-order valence-corrected chi connectivity index (χ1v) is 12.9. The molecule has 3 atom stereocenters. The summed E-state index contributed by atoms with van der Waals surface area (Å²) in [6.07, 6.45) is 3.76. The maximum atomic E-state index is 13.7. The number of aliphatic hydroxyl groups is 1. The minimum atomic E-state index is -0.313. The standard InChI is InChI=1S/C28H39N3O5/c1-19-15-31(20(2)18-32)28(33)25-13-23(22-6-5-7-24(12-22)34-4)14-29-27(25)36-26(19)17-30(3)16-21-8-10-35-11-9-21/h5-7,12-14,19-21,26,32H,8-11,15-18H2,1-4H3/t19-,20-,26-/m1/s1. The van der Waals surface area contributed by atoms with Crippen molar-refractivity contribution in [2.45, 2.75) is 38.8 Å². The molecule has 0 saturated carbocycles. The Balaban J connectivity index is 1.63. The largest absolute Gasteiger partial charge is 0.497 e. The predicted molar refractivity (Wildman–Crippen MR) is 138 cm³/mol. The molecule has 1 saturated heterocycles. The molecule has 3 heterocycles. The Labute approximate surface area is 214 Å². The molecule has 1 fully saturated rings. The highest BCUT2D eigenvalue weighted by atomic mass is 16.5. The number of nitrogens with zero attached hydrogens (tertiary/aromatic N) is 3. The number of carbonyl (C=O) groups is 1. The van der Waals surface area contributed by atoms with Crippen molar-refractivity contribution in [3.8, 4) is 22.8 Å². The second kappa shape index (κ2) is 12.0. The van der Waals surface area contributed by atoms with E-state index >= 15 is 0 Å². The fraction of sp³-hybridized carbons (Fsp3) is 0.571. The highest BCUT2D eigenvalue weighted by molar-refractivity contribution is 5.98. The van der Waals surface area contributed by atoms with E-state index in [4.69, 9.17) is 14.2 Å². The van der Waals surface area contributed by atoms with Crippen LogP contribution in [0.5, 0.6) is 11.6 Å². The summed E-state index contributed by atoms with van der Waals surface area (Å²) in [6, 6.07) is 9.20. The summed E-state index contributed by atoms with van der Waals surface area (Å²) in [5.74, 6) is 1.59. The Hall–Kier alpha value is -2.68. The number of aromatic nitrogens is 1. The van der Waals surface area contributed by atoms with Crippen LogP contribution in [0, 0.1) is 11.8 Å². The van der Waals surface area contributed by atoms with Gasteiger partial charge < -0.3 is 29.1 Å². The maximum Gasteiger partial charge on any atom is 0.259 e. The van der Waals surface area contributed by atoms with Gasteiger partial charge in [0.1, 0.15) is 17.4 Å². The Morgan fingerprint density at radius 1 is 1.22 bits per heavy atom. The van der Waals surface area contributed by atoms with Gasteiger partial charge in [-0.1, -0.05) is 19.1 Å². The van der Waals surface area contributed by atoms with Crippen molar-refractivity contribution in [3.63, 3.8) is 0 Å². The van der Waals surface area contributed by atoms with Crippen LogP contribution in [0.4, 0.5) is 0 Å². The van der Waals surface area contributed by atoms with E-state index in [-0.39, 0.29) is 30.6 Å². The van der Waals surface area contributed by atoms with Gasteiger partial charge in [-0.05, 0) is 56.5 Å². The molecule has 2 aliphatic heterocycles. The number of methoxy groups -OCH3 is 1. The number of hydrogen-bond donors (Lipinski definition) is 1. The van der Waals surface area contributed by atoms with E-state index in [0.29, 0.717) is 23.9 Å². The van der Waals surface area contributed by atoms with E-state index in [1.807, 2.05) is 37.3 Å². The monoisotopic (exact) mass is 497 g/mol. The van der Waals surface area contributed by atoms with E-state index in [2.05, 4.69) is 23.9 Å². The van der Waals surface area contributed by atoms with Gasteiger partial charge in [-0.15, -0.1) is 0 Å². The first-order valence-electron chi connectivity index (χ1n) is 12.9. The Kier molecular flexibility index (Phi) is 8.82. The second-order valence-corrected chi connectivity index (χ2v) is 10.2. The van der Waals surface area contributed by atoms with Crippen LogP contribution >= 0.6 is 0 Å². The lowest BCUT2D eigenvalue weighted by Crippen LogP contribution is -2.50. The summed E-state index contributed by atoms with van der Waals surface area (Å²) < 4.78 is 17.3. The van der Waals surface area contributed by atoms with E-state index in [9.17, 15) is 9.90 Å². The van der Waals surface area contributed by atoms with Crippen LogP contribution in [-0.4, -0.2) is 91.6 Å². The van der Waals surface area contributed by atoms with Crippen molar-refractivity contribution < 1.29 is 24.1 Å². The average Bonchev–Trinajstić information content (AvgIpc) is 2.90. The number of carbonyl (C=O) groups excluding carboxylic acids is 1. The Bertz CT molecular complexity index is 1030. The van der Waals surface area contributed by atoms with Gasteiger partial charge in [0.25, 0.3) is 5.91 Å². The highest BCUT2D eigenvalue weighted by Crippen LogP contribution is 2.31. The Morgan fingerprint density at radius 3 is 2.72 bits per heavy atom. The van der Waals surface area contributed by atoms with Crippen molar-refractivity contribution >= 4 is 5.91 Å². The fourth-order valence-corrected chi connectivity index (χ4v) is 5.03. The molecule has 8 heteroatoms. The summed E-state index contributed by atoms with van der Waals surface area (Å²) in [7, 11) is 3.76. The quantitative estimate of drug-likeness (QED) is 0.599. The lowest BCUT2D eigenvalue weighted by molar-refractivity contribution is 0.0254. The van der Waals surface area contributed by atoms with Crippen LogP contribution < -0.4 is 9.47 Å². The van der Waals surface area contributed by atoms with Crippen LogP contribution in [-0.2, 0) is 4.74 Å². The molecule has 0 spiro atoms. The first kappa shape index (κ1) is 26.4. The molecule has 2 aromatic rings. The zero-order chi connectivity index (χ0) is 25.7. The van der Waals surface area contributed by atoms with Gasteiger partial charge in [-0.2, -0.15) is 0 Å². The Morgan fingerprint density at radius 2 is 2.00 bits per heavy atom. The van der Waals surface area contributed by atoms with Crippen molar-refractivity contribution in [2.75, 3.05) is 53.6 Å². The third kappa shape index (κ3) is 6.17.